The van der Waals surface area contributed by atoms with Crippen molar-refractivity contribution in [2.24, 2.45) is 0 Å². The highest BCUT2D eigenvalue weighted by Gasteiger charge is 2.33. The molecule has 30 heavy (non-hydrogen) atoms. The Labute approximate surface area is 176 Å². The summed E-state index contributed by atoms with van der Waals surface area (Å²) in [6, 6.07) is 14.2. The fraction of sp³-hybridized carbons (Fsp3) is 0.238. The van der Waals surface area contributed by atoms with Crippen molar-refractivity contribution >= 4 is 28.8 Å². The van der Waals surface area contributed by atoms with Crippen LogP contribution in [0.2, 0.25) is 0 Å². The maximum absolute atomic E-state index is 12.9. The van der Waals surface area contributed by atoms with E-state index >= 15 is 0 Å². The van der Waals surface area contributed by atoms with Crippen LogP contribution >= 0.6 is 11.3 Å². The van der Waals surface area contributed by atoms with E-state index in [9.17, 15) is 9.59 Å². The molecule has 9 heteroatoms. The molecule has 152 valence electrons. The Bertz CT molecular complexity index is 1100. The molecule has 1 atom stereocenters. The predicted molar refractivity (Wildman–Crippen MR) is 110 cm³/mol. The zero-order valence-electron chi connectivity index (χ0n) is 15.9. The lowest BCUT2D eigenvalue weighted by Crippen LogP contribution is -2.30. The number of ether oxygens (including phenoxy) is 2. The molecule has 0 saturated carbocycles. The number of benzene rings is 2. The molecule has 1 N–H and O–H groups in total. The van der Waals surface area contributed by atoms with Crippen molar-refractivity contribution in [3.05, 3.63) is 64.1 Å². The van der Waals surface area contributed by atoms with Gasteiger partial charge in [-0.15, -0.1) is 10.2 Å². The highest BCUT2D eigenvalue weighted by molar-refractivity contribution is 7.13. The zero-order valence-corrected chi connectivity index (χ0v) is 16.7. The zero-order chi connectivity index (χ0) is 20.5. The Balaban J connectivity index is 1.31. The predicted octanol–water partition coefficient (Wildman–Crippen LogP) is 3.50. The lowest BCUT2D eigenvalue weighted by atomic mass is 10.2. The van der Waals surface area contributed by atoms with Crippen molar-refractivity contribution < 1.29 is 19.1 Å². The summed E-state index contributed by atoms with van der Waals surface area (Å²) < 4.78 is 10.6. The molecular weight excluding hydrogens is 404 g/mol. The first-order valence-electron chi connectivity index (χ1n) is 9.59. The van der Waals surface area contributed by atoms with E-state index in [1.165, 1.54) is 11.3 Å². The Morgan fingerprint density at radius 2 is 1.90 bits per heavy atom. The van der Waals surface area contributed by atoms with Crippen LogP contribution < -0.4 is 14.8 Å². The van der Waals surface area contributed by atoms with Crippen molar-refractivity contribution in [2.75, 3.05) is 18.7 Å². The molecule has 0 spiro atoms. The quantitative estimate of drug-likeness (QED) is 0.692. The van der Waals surface area contributed by atoms with Crippen LogP contribution in [0, 0.1) is 0 Å². The lowest BCUT2D eigenvalue weighted by molar-refractivity contribution is 0.0735. The molecule has 3 aromatic rings. The second kappa shape index (κ2) is 7.75. The topological polar surface area (TPSA) is 93.7 Å². The highest BCUT2D eigenvalue weighted by atomic mass is 32.1. The summed E-state index contributed by atoms with van der Waals surface area (Å²) in [7, 11) is 0. The van der Waals surface area contributed by atoms with Crippen LogP contribution in [0.3, 0.4) is 0 Å². The normalized spacial score (nSPS) is 17.2. The van der Waals surface area contributed by atoms with Gasteiger partial charge in [0.2, 0.25) is 11.8 Å². The van der Waals surface area contributed by atoms with Crippen molar-refractivity contribution in [1.29, 1.82) is 0 Å². The molecule has 0 bridgehead atoms. The number of nitrogens with one attached hydrogen (secondary N) is 1. The number of aromatic nitrogens is 2. The van der Waals surface area contributed by atoms with E-state index in [1.807, 2.05) is 35.2 Å². The van der Waals surface area contributed by atoms with Crippen molar-refractivity contribution in [2.45, 2.75) is 18.9 Å². The average Bonchev–Trinajstić information content (AvgIpc) is 3.53. The fourth-order valence-electron chi connectivity index (χ4n) is 3.63. The number of likely N-dealkylation sites (tertiary alicyclic amines) is 1. The third-order valence-corrected chi connectivity index (χ3v) is 6.11. The summed E-state index contributed by atoms with van der Waals surface area (Å²) in [6.45, 7) is 0.836. The molecular formula is C21H18N4O4S. The molecule has 1 fully saturated rings. The van der Waals surface area contributed by atoms with Crippen LogP contribution in [0.15, 0.2) is 48.5 Å². The Hall–Kier alpha value is -3.46. The first-order valence-corrected chi connectivity index (χ1v) is 10.4. The number of rotatable bonds is 4. The van der Waals surface area contributed by atoms with Crippen LogP contribution in [0.25, 0.3) is 0 Å². The van der Waals surface area contributed by atoms with E-state index in [-0.39, 0.29) is 29.7 Å². The first kappa shape index (κ1) is 18.6. The summed E-state index contributed by atoms with van der Waals surface area (Å²) in [5.74, 6) is 0.860. The molecule has 2 amide bonds. The van der Waals surface area contributed by atoms with Gasteiger partial charge in [0.05, 0.1) is 6.04 Å². The molecule has 2 aromatic carbocycles. The van der Waals surface area contributed by atoms with Gasteiger partial charge in [0.15, 0.2) is 11.5 Å². The fourth-order valence-corrected chi connectivity index (χ4v) is 4.52. The van der Waals surface area contributed by atoms with Gasteiger partial charge in [0.1, 0.15) is 5.01 Å². The van der Waals surface area contributed by atoms with Gasteiger partial charge in [0.25, 0.3) is 11.8 Å². The average molecular weight is 422 g/mol. The van der Waals surface area contributed by atoms with Crippen molar-refractivity contribution in [1.82, 2.24) is 15.1 Å². The van der Waals surface area contributed by atoms with Gasteiger partial charge >= 0.3 is 0 Å². The number of anilines is 1. The summed E-state index contributed by atoms with van der Waals surface area (Å²) in [5.41, 5.74) is 1.23. The molecule has 1 saturated heterocycles. The minimum atomic E-state index is -0.350. The van der Waals surface area contributed by atoms with Crippen LogP contribution in [-0.2, 0) is 0 Å². The van der Waals surface area contributed by atoms with E-state index in [2.05, 4.69) is 15.5 Å². The number of amides is 2. The molecule has 0 radical (unpaired) electrons. The number of carbonyl (C=O) groups is 2. The highest BCUT2D eigenvalue weighted by Crippen LogP contribution is 2.36. The molecule has 2 aliphatic heterocycles. The number of hydrogen-bond acceptors (Lipinski definition) is 7. The molecule has 0 aliphatic carbocycles. The van der Waals surface area contributed by atoms with Gasteiger partial charge in [-0.05, 0) is 37.1 Å². The second-order valence-corrected chi connectivity index (χ2v) is 8.00. The van der Waals surface area contributed by atoms with E-state index < -0.39 is 0 Å². The molecule has 8 nitrogen and oxygen atoms in total. The van der Waals surface area contributed by atoms with E-state index in [0.29, 0.717) is 34.3 Å². The van der Waals surface area contributed by atoms with Crippen molar-refractivity contribution in [3.63, 3.8) is 0 Å². The van der Waals surface area contributed by atoms with Crippen LogP contribution in [-0.4, -0.2) is 40.2 Å². The summed E-state index contributed by atoms with van der Waals surface area (Å²) >= 11 is 1.22. The van der Waals surface area contributed by atoms with Crippen LogP contribution in [0.5, 0.6) is 11.5 Å². The van der Waals surface area contributed by atoms with E-state index in [1.54, 1.807) is 18.2 Å². The van der Waals surface area contributed by atoms with Gasteiger partial charge < -0.3 is 19.7 Å². The Morgan fingerprint density at radius 1 is 1.07 bits per heavy atom. The van der Waals surface area contributed by atoms with Gasteiger partial charge in [-0.3, -0.25) is 9.59 Å². The third-order valence-electron chi connectivity index (χ3n) is 5.08. The number of fused-ring (bicyclic) bond motifs is 1. The minimum Gasteiger partial charge on any atom is -0.454 e. The number of carbonyl (C=O) groups excluding carboxylic acids is 2. The SMILES string of the molecule is O=C(Nc1ccc2c(c1)OCO2)c1nnc([C@@H]2CCCN2C(=O)c2ccccc2)s1. The summed E-state index contributed by atoms with van der Waals surface area (Å²) in [4.78, 5) is 27.3. The standard InChI is InChI=1S/C21H18N4O4S/c26-18(22-14-8-9-16-17(11-14)29-12-28-16)20-24-23-19(30-20)15-7-4-10-25(15)21(27)13-5-2-1-3-6-13/h1-3,5-6,8-9,11,15H,4,7,10,12H2,(H,22,26)/t15-/m0/s1. The molecule has 5 rings (SSSR count). The lowest BCUT2D eigenvalue weighted by Gasteiger charge is -2.22. The molecule has 3 heterocycles. The summed E-state index contributed by atoms with van der Waals surface area (Å²) in [6.07, 6.45) is 1.69. The Kier molecular flexibility index (Phi) is 4.80. The van der Waals surface area contributed by atoms with Gasteiger partial charge in [-0.25, -0.2) is 0 Å². The van der Waals surface area contributed by atoms with Crippen LogP contribution in [0.1, 0.15) is 44.1 Å². The largest absolute Gasteiger partial charge is 0.454 e. The number of nitrogens with zero attached hydrogens (tertiary/aromatic N) is 3. The smallest absolute Gasteiger partial charge is 0.286 e. The van der Waals surface area contributed by atoms with Crippen LogP contribution in [0.4, 0.5) is 5.69 Å². The number of hydrogen-bond donors (Lipinski definition) is 1. The molecule has 2 aliphatic rings. The van der Waals surface area contributed by atoms with Crippen molar-refractivity contribution in [3.8, 4) is 11.5 Å². The monoisotopic (exact) mass is 422 g/mol. The van der Waals surface area contributed by atoms with E-state index in [0.717, 1.165) is 12.8 Å². The summed E-state index contributed by atoms with van der Waals surface area (Å²) in [5, 5.41) is 12.0. The molecule has 0 unspecified atom stereocenters. The second-order valence-electron chi connectivity index (χ2n) is 6.99. The maximum Gasteiger partial charge on any atom is 0.286 e. The van der Waals surface area contributed by atoms with Gasteiger partial charge in [0, 0.05) is 23.9 Å². The minimum absolute atomic E-state index is 0.0281. The third kappa shape index (κ3) is 3.48. The van der Waals surface area contributed by atoms with E-state index in [4.69, 9.17) is 9.47 Å². The molecule has 1 aromatic heterocycles. The first-order chi connectivity index (χ1) is 14.7. The Morgan fingerprint density at radius 3 is 2.77 bits per heavy atom. The van der Waals surface area contributed by atoms with Gasteiger partial charge in [-0.2, -0.15) is 0 Å². The maximum atomic E-state index is 12.9. The van der Waals surface area contributed by atoms with Gasteiger partial charge in [-0.1, -0.05) is 29.5 Å².